The standard InChI is InChI=1S/C18H20O4/c1-5-9-13-11-15(17(19)21-7-3)16(18(20)22-8-4)12-14(13)10-6-2/h1-2H,7-12H2,3-4H3. The third kappa shape index (κ3) is 4.27. The molecule has 0 amide bonds. The van der Waals surface area contributed by atoms with Crippen molar-refractivity contribution in [1.29, 1.82) is 0 Å². The quantitative estimate of drug-likeness (QED) is 0.430. The van der Waals surface area contributed by atoms with E-state index < -0.39 is 11.9 Å². The number of terminal acetylenes is 2. The maximum absolute atomic E-state index is 12.1. The van der Waals surface area contributed by atoms with E-state index in [4.69, 9.17) is 22.3 Å². The van der Waals surface area contributed by atoms with E-state index in [1.165, 1.54) is 0 Å². The number of carbonyl (C=O) groups is 2. The molecule has 0 aliphatic heterocycles. The average molecular weight is 300 g/mol. The van der Waals surface area contributed by atoms with Crippen molar-refractivity contribution in [1.82, 2.24) is 0 Å². The topological polar surface area (TPSA) is 52.6 Å². The fourth-order valence-electron chi connectivity index (χ4n) is 2.34. The Labute approximate surface area is 131 Å². The first-order valence-electron chi connectivity index (χ1n) is 7.21. The molecule has 0 spiro atoms. The van der Waals surface area contributed by atoms with E-state index in [1.807, 2.05) is 0 Å². The molecule has 4 nitrogen and oxygen atoms in total. The lowest BCUT2D eigenvalue weighted by molar-refractivity contribution is -0.142. The summed E-state index contributed by atoms with van der Waals surface area (Å²) in [6.45, 7) is 3.91. The van der Waals surface area contributed by atoms with E-state index in [9.17, 15) is 9.59 Å². The molecule has 0 fully saturated rings. The van der Waals surface area contributed by atoms with Crippen molar-refractivity contribution in [3.8, 4) is 24.7 Å². The van der Waals surface area contributed by atoms with Crippen LogP contribution in [0.15, 0.2) is 22.3 Å². The summed E-state index contributed by atoms with van der Waals surface area (Å²) in [5.41, 5.74) is 2.48. The van der Waals surface area contributed by atoms with Gasteiger partial charge in [0.05, 0.1) is 24.4 Å². The highest BCUT2D eigenvalue weighted by Crippen LogP contribution is 2.34. The van der Waals surface area contributed by atoms with Gasteiger partial charge in [-0.05, 0) is 13.8 Å². The predicted molar refractivity (Wildman–Crippen MR) is 83.5 cm³/mol. The second-order valence-electron chi connectivity index (χ2n) is 4.72. The van der Waals surface area contributed by atoms with Gasteiger partial charge in [-0.15, -0.1) is 24.7 Å². The zero-order valence-corrected chi connectivity index (χ0v) is 13.0. The van der Waals surface area contributed by atoms with Gasteiger partial charge in [-0.3, -0.25) is 0 Å². The molecule has 0 N–H and O–H groups in total. The SMILES string of the molecule is C#CCC1=C(CC#C)CC(C(=O)OCC)=C(C(=O)OCC)C1. The summed E-state index contributed by atoms with van der Waals surface area (Å²) in [6.07, 6.45) is 12.1. The zero-order valence-electron chi connectivity index (χ0n) is 13.0. The van der Waals surface area contributed by atoms with Crippen LogP contribution >= 0.6 is 0 Å². The van der Waals surface area contributed by atoms with Crippen LogP contribution in [0.4, 0.5) is 0 Å². The Hall–Kier alpha value is -2.46. The summed E-state index contributed by atoms with van der Waals surface area (Å²) in [5.74, 6) is 4.14. The molecule has 0 radical (unpaired) electrons. The second kappa shape index (κ2) is 8.74. The summed E-state index contributed by atoms with van der Waals surface area (Å²) in [4.78, 5) is 24.3. The predicted octanol–water partition coefficient (Wildman–Crippen LogP) is 2.55. The van der Waals surface area contributed by atoms with Gasteiger partial charge in [-0.25, -0.2) is 9.59 Å². The second-order valence-corrected chi connectivity index (χ2v) is 4.72. The molecule has 4 heteroatoms. The van der Waals surface area contributed by atoms with Gasteiger partial charge in [0.1, 0.15) is 0 Å². The summed E-state index contributed by atoms with van der Waals surface area (Å²) in [7, 11) is 0. The number of carbonyl (C=O) groups excluding carboxylic acids is 2. The molecule has 1 aliphatic rings. The van der Waals surface area contributed by atoms with E-state index in [2.05, 4.69) is 11.8 Å². The maximum Gasteiger partial charge on any atom is 0.334 e. The van der Waals surface area contributed by atoms with E-state index in [0.717, 1.165) is 11.1 Å². The molecule has 0 aromatic rings. The molecule has 0 bridgehead atoms. The fourth-order valence-corrected chi connectivity index (χ4v) is 2.34. The Balaban J connectivity index is 3.21. The van der Waals surface area contributed by atoms with Crippen LogP contribution in [0, 0.1) is 24.7 Å². The highest BCUT2D eigenvalue weighted by molar-refractivity contribution is 6.01. The van der Waals surface area contributed by atoms with Gasteiger partial charge < -0.3 is 9.47 Å². The molecule has 0 unspecified atom stereocenters. The number of rotatable bonds is 6. The largest absolute Gasteiger partial charge is 0.463 e. The van der Waals surface area contributed by atoms with Crippen LogP contribution in [0.5, 0.6) is 0 Å². The number of hydrogen-bond donors (Lipinski definition) is 0. The molecule has 1 aliphatic carbocycles. The minimum atomic E-state index is -0.500. The van der Waals surface area contributed by atoms with E-state index in [0.29, 0.717) is 24.0 Å². The molecule has 0 saturated heterocycles. The maximum atomic E-state index is 12.1. The molecule has 0 aromatic heterocycles. The van der Waals surface area contributed by atoms with E-state index in [-0.39, 0.29) is 26.1 Å². The van der Waals surface area contributed by atoms with Gasteiger partial charge in [-0.1, -0.05) is 11.1 Å². The van der Waals surface area contributed by atoms with Crippen molar-refractivity contribution in [2.45, 2.75) is 39.5 Å². The van der Waals surface area contributed by atoms with E-state index in [1.54, 1.807) is 13.8 Å². The first-order valence-corrected chi connectivity index (χ1v) is 7.21. The number of allylic oxidation sites excluding steroid dienone is 2. The average Bonchev–Trinajstić information content (AvgIpc) is 2.49. The van der Waals surface area contributed by atoms with Crippen LogP contribution in [-0.2, 0) is 19.1 Å². The minimum Gasteiger partial charge on any atom is -0.463 e. The third-order valence-electron chi connectivity index (χ3n) is 3.32. The Bertz CT molecular complexity index is 542. The van der Waals surface area contributed by atoms with Gasteiger partial charge in [0, 0.05) is 25.7 Å². The monoisotopic (exact) mass is 300 g/mol. The van der Waals surface area contributed by atoms with Gasteiger partial charge in [-0.2, -0.15) is 0 Å². The molecule has 0 aromatic carbocycles. The lowest BCUT2D eigenvalue weighted by Crippen LogP contribution is -2.21. The van der Waals surface area contributed by atoms with Gasteiger partial charge in [0.25, 0.3) is 0 Å². The zero-order chi connectivity index (χ0) is 16.5. The van der Waals surface area contributed by atoms with Crippen molar-refractivity contribution >= 4 is 11.9 Å². The summed E-state index contributed by atoms with van der Waals surface area (Å²) >= 11 is 0. The Kier molecular flexibility index (Phi) is 6.99. The Morgan fingerprint density at radius 2 is 1.27 bits per heavy atom. The lowest BCUT2D eigenvalue weighted by Gasteiger charge is -2.22. The van der Waals surface area contributed by atoms with Gasteiger partial charge in [0.2, 0.25) is 0 Å². The lowest BCUT2D eigenvalue weighted by atomic mass is 9.83. The molecule has 116 valence electrons. The van der Waals surface area contributed by atoms with Crippen LogP contribution in [-0.4, -0.2) is 25.2 Å². The molecule has 0 atom stereocenters. The van der Waals surface area contributed by atoms with Gasteiger partial charge >= 0.3 is 11.9 Å². The van der Waals surface area contributed by atoms with Crippen molar-refractivity contribution < 1.29 is 19.1 Å². The number of ether oxygens (including phenoxy) is 2. The number of hydrogen-bond acceptors (Lipinski definition) is 4. The Morgan fingerprint density at radius 3 is 1.55 bits per heavy atom. The minimum absolute atomic E-state index is 0.240. The summed E-state index contributed by atoms with van der Waals surface area (Å²) in [5, 5.41) is 0. The van der Waals surface area contributed by atoms with Crippen molar-refractivity contribution in [3.05, 3.63) is 22.3 Å². The smallest absolute Gasteiger partial charge is 0.334 e. The normalized spacial score (nSPS) is 14.2. The van der Waals surface area contributed by atoms with Crippen LogP contribution < -0.4 is 0 Å². The van der Waals surface area contributed by atoms with Crippen LogP contribution in [0.25, 0.3) is 0 Å². The highest BCUT2D eigenvalue weighted by Gasteiger charge is 2.29. The fraction of sp³-hybridized carbons (Fsp3) is 0.444. The van der Waals surface area contributed by atoms with Crippen LogP contribution in [0.1, 0.15) is 39.5 Å². The molecule has 1 rings (SSSR count). The molecular weight excluding hydrogens is 280 g/mol. The molecular formula is C18H20O4. The number of esters is 2. The summed E-state index contributed by atoms with van der Waals surface area (Å²) < 4.78 is 10.1. The van der Waals surface area contributed by atoms with Crippen molar-refractivity contribution in [2.24, 2.45) is 0 Å². The third-order valence-corrected chi connectivity index (χ3v) is 3.32. The first-order chi connectivity index (χ1) is 10.6. The molecule has 0 saturated carbocycles. The van der Waals surface area contributed by atoms with Gasteiger partial charge in [0.15, 0.2) is 0 Å². The van der Waals surface area contributed by atoms with Crippen molar-refractivity contribution in [2.75, 3.05) is 13.2 Å². The molecule has 0 heterocycles. The Morgan fingerprint density at radius 1 is 0.909 bits per heavy atom. The van der Waals surface area contributed by atoms with Crippen LogP contribution in [0.3, 0.4) is 0 Å². The van der Waals surface area contributed by atoms with E-state index >= 15 is 0 Å². The van der Waals surface area contributed by atoms with Crippen molar-refractivity contribution in [3.63, 3.8) is 0 Å². The van der Waals surface area contributed by atoms with Crippen LogP contribution in [0.2, 0.25) is 0 Å². The molecule has 22 heavy (non-hydrogen) atoms. The first kappa shape index (κ1) is 17.6. The highest BCUT2D eigenvalue weighted by atomic mass is 16.5. The summed E-state index contributed by atoms with van der Waals surface area (Å²) in [6, 6.07) is 0.